The second kappa shape index (κ2) is 10.7. The van der Waals surface area contributed by atoms with E-state index in [9.17, 15) is 14.7 Å². The van der Waals surface area contributed by atoms with E-state index in [0.29, 0.717) is 32.5 Å². The third-order valence-electron chi connectivity index (χ3n) is 5.37. The lowest BCUT2D eigenvalue weighted by Gasteiger charge is -2.15. The van der Waals surface area contributed by atoms with Crippen LogP contribution in [-0.4, -0.2) is 21.1 Å². The van der Waals surface area contributed by atoms with E-state index in [1.165, 1.54) is 11.8 Å². The van der Waals surface area contributed by atoms with Crippen LogP contribution in [0.1, 0.15) is 46.0 Å². The molecule has 0 bridgehead atoms. The van der Waals surface area contributed by atoms with Crippen molar-refractivity contribution in [1.29, 1.82) is 0 Å². The highest BCUT2D eigenvalue weighted by atomic mass is 32.2. The van der Waals surface area contributed by atoms with E-state index in [2.05, 4.69) is 5.32 Å². The molecule has 1 aliphatic heterocycles. The van der Waals surface area contributed by atoms with E-state index in [-0.39, 0.29) is 24.0 Å². The van der Waals surface area contributed by atoms with Crippen LogP contribution >= 0.6 is 24.0 Å². The molecule has 3 aromatic rings. The summed E-state index contributed by atoms with van der Waals surface area (Å²) in [5.74, 6) is 0.284. The van der Waals surface area contributed by atoms with Crippen LogP contribution in [0.4, 0.5) is 0 Å². The average molecular weight is 490 g/mol. The molecule has 3 aromatic carbocycles. The number of phenolic OH excluding ortho intramolecular Hbond substituents is 1. The van der Waals surface area contributed by atoms with Gasteiger partial charge in [0.15, 0.2) is 5.78 Å². The first-order chi connectivity index (χ1) is 16.5. The molecule has 0 atom stereocenters. The highest BCUT2D eigenvalue weighted by Gasteiger charge is 2.22. The summed E-state index contributed by atoms with van der Waals surface area (Å²) in [6.45, 7) is 2.29. The Morgan fingerprint density at radius 2 is 1.82 bits per heavy atom. The molecule has 0 saturated carbocycles. The van der Waals surface area contributed by atoms with Crippen molar-refractivity contribution in [2.45, 2.75) is 26.4 Å². The standard InChI is InChI=1S/C27H23NO4S2/c1-2-6-21-19(11-14-22(25(21)30)24(29)18-7-4-3-5-8-18)16-32-20-12-9-17(10-13-20)15-23-26(31)28-27(33)34-23/h3-5,7-15,30H,2,6,16H2,1H3,(H,28,31,33)/b23-15-. The number of hydrogen-bond donors (Lipinski definition) is 2. The van der Waals surface area contributed by atoms with Crippen LogP contribution in [0.25, 0.3) is 6.08 Å². The van der Waals surface area contributed by atoms with Crippen molar-refractivity contribution in [3.63, 3.8) is 0 Å². The molecule has 0 aromatic heterocycles. The molecule has 0 aliphatic carbocycles. The largest absolute Gasteiger partial charge is 0.507 e. The third kappa shape index (κ3) is 5.38. The van der Waals surface area contributed by atoms with Gasteiger partial charge in [0.05, 0.1) is 10.5 Å². The molecule has 0 radical (unpaired) electrons. The normalized spacial score (nSPS) is 14.3. The van der Waals surface area contributed by atoms with Gasteiger partial charge in [0.1, 0.15) is 22.4 Å². The highest BCUT2D eigenvalue weighted by Crippen LogP contribution is 2.31. The Hall–Kier alpha value is -3.42. The molecule has 5 nitrogen and oxygen atoms in total. The summed E-state index contributed by atoms with van der Waals surface area (Å²) < 4.78 is 6.42. The molecular weight excluding hydrogens is 466 g/mol. The van der Waals surface area contributed by atoms with Crippen molar-refractivity contribution < 1.29 is 19.4 Å². The number of aromatic hydroxyl groups is 1. The molecule has 7 heteroatoms. The fourth-order valence-corrected chi connectivity index (χ4v) is 4.71. The first-order valence-electron chi connectivity index (χ1n) is 10.9. The maximum absolute atomic E-state index is 12.9. The molecule has 1 amide bonds. The number of ether oxygens (including phenoxy) is 1. The minimum Gasteiger partial charge on any atom is -0.507 e. The lowest BCUT2D eigenvalue weighted by molar-refractivity contribution is -0.115. The van der Waals surface area contributed by atoms with E-state index in [1.807, 2.05) is 43.3 Å². The van der Waals surface area contributed by atoms with Crippen LogP contribution in [-0.2, 0) is 17.8 Å². The Kier molecular flexibility index (Phi) is 7.45. The number of phenols is 1. The van der Waals surface area contributed by atoms with Gasteiger partial charge in [-0.3, -0.25) is 9.59 Å². The zero-order valence-electron chi connectivity index (χ0n) is 18.5. The summed E-state index contributed by atoms with van der Waals surface area (Å²) in [6, 6.07) is 19.8. The number of carbonyl (C=O) groups is 2. The van der Waals surface area contributed by atoms with E-state index in [1.54, 1.807) is 36.4 Å². The zero-order valence-corrected chi connectivity index (χ0v) is 20.2. The summed E-state index contributed by atoms with van der Waals surface area (Å²) in [6.07, 6.45) is 3.24. The third-order valence-corrected chi connectivity index (χ3v) is 6.54. The van der Waals surface area contributed by atoms with Gasteiger partial charge in [-0.15, -0.1) is 0 Å². The van der Waals surface area contributed by atoms with E-state index in [4.69, 9.17) is 17.0 Å². The second-order valence-corrected chi connectivity index (χ2v) is 9.47. The number of hydrogen-bond acceptors (Lipinski definition) is 6. The molecule has 0 unspecified atom stereocenters. The van der Waals surface area contributed by atoms with Crippen molar-refractivity contribution in [2.24, 2.45) is 0 Å². The lowest BCUT2D eigenvalue weighted by atomic mass is 9.94. The second-order valence-electron chi connectivity index (χ2n) is 7.75. The van der Waals surface area contributed by atoms with Gasteiger partial charge in [0, 0.05) is 11.1 Å². The minimum absolute atomic E-state index is 0.0176. The van der Waals surface area contributed by atoms with Crippen LogP contribution < -0.4 is 10.1 Å². The first-order valence-corrected chi connectivity index (χ1v) is 12.1. The van der Waals surface area contributed by atoms with Gasteiger partial charge in [0.2, 0.25) is 0 Å². The summed E-state index contributed by atoms with van der Waals surface area (Å²) in [5, 5.41) is 13.5. The van der Waals surface area contributed by atoms with Crippen molar-refractivity contribution in [1.82, 2.24) is 5.32 Å². The summed E-state index contributed by atoms with van der Waals surface area (Å²) in [5.41, 5.74) is 3.26. The number of carbonyl (C=O) groups excluding carboxylic acids is 2. The topological polar surface area (TPSA) is 75.6 Å². The summed E-state index contributed by atoms with van der Waals surface area (Å²) >= 11 is 6.25. The van der Waals surface area contributed by atoms with Crippen molar-refractivity contribution in [3.8, 4) is 11.5 Å². The molecule has 4 rings (SSSR count). The van der Waals surface area contributed by atoms with Gasteiger partial charge in [0.25, 0.3) is 5.91 Å². The van der Waals surface area contributed by atoms with Gasteiger partial charge in [-0.25, -0.2) is 0 Å². The van der Waals surface area contributed by atoms with Crippen LogP contribution in [0.2, 0.25) is 0 Å². The van der Waals surface area contributed by atoms with Gasteiger partial charge >= 0.3 is 0 Å². The van der Waals surface area contributed by atoms with E-state index in [0.717, 1.165) is 23.1 Å². The van der Waals surface area contributed by atoms with E-state index >= 15 is 0 Å². The van der Waals surface area contributed by atoms with Gasteiger partial charge in [-0.2, -0.15) is 0 Å². The number of nitrogens with one attached hydrogen (secondary N) is 1. The van der Waals surface area contributed by atoms with Crippen LogP contribution in [0.15, 0.2) is 71.6 Å². The molecule has 172 valence electrons. The maximum atomic E-state index is 12.9. The number of thioether (sulfide) groups is 1. The van der Waals surface area contributed by atoms with Gasteiger partial charge in [-0.05, 0) is 41.8 Å². The Bertz CT molecular complexity index is 1270. The fourth-order valence-electron chi connectivity index (χ4n) is 3.66. The molecule has 34 heavy (non-hydrogen) atoms. The summed E-state index contributed by atoms with van der Waals surface area (Å²) in [7, 11) is 0. The lowest BCUT2D eigenvalue weighted by Crippen LogP contribution is -2.17. The molecule has 1 heterocycles. The Balaban J connectivity index is 1.50. The maximum Gasteiger partial charge on any atom is 0.263 e. The Morgan fingerprint density at radius 1 is 1.09 bits per heavy atom. The highest BCUT2D eigenvalue weighted by molar-refractivity contribution is 8.26. The predicted molar refractivity (Wildman–Crippen MR) is 139 cm³/mol. The molecular formula is C27H23NO4S2. The summed E-state index contributed by atoms with van der Waals surface area (Å²) in [4.78, 5) is 25.3. The zero-order chi connectivity index (χ0) is 24.1. The van der Waals surface area contributed by atoms with Crippen LogP contribution in [0, 0.1) is 0 Å². The average Bonchev–Trinajstić information content (AvgIpc) is 3.17. The number of rotatable bonds is 8. The van der Waals surface area contributed by atoms with Crippen molar-refractivity contribution in [3.05, 3.63) is 99.5 Å². The number of benzene rings is 3. The fraction of sp³-hybridized carbons (Fsp3) is 0.148. The molecule has 1 fully saturated rings. The Morgan fingerprint density at radius 3 is 2.47 bits per heavy atom. The van der Waals surface area contributed by atoms with Crippen molar-refractivity contribution in [2.75, 3.05) is 0 Å². The molecule has 1 aliphatic rings. The smallest absolute Gasteiger partial charge is 0.263 e. The molecule has 0 spiro atoms. The van der Waals surface area contributed by atoms with E-state index < -0.39 is 0 Å². The van der Waals surface area contributed by atoms with Gasteiger partial charge in [-0.1, -0.05) is 85.9 Å². The molecule has 1 saturated heterocycles. The monoisotopic (exact) mass is 489 g/mol. The number of thiocarbonyl (C=S) groups is 1. The predicted octanol–water partition coefficient (Wildman–Crippen LogP) is 5.64. The number of ketones is 1. The van der Waals surface area contributed by atoms with Gasteiger partial charge < -0.3 is 15.2 Å². The van der Waals surface area contributed by atoms with Crippen LogP contribution in [0.5, 0.6) is 11.5 Å². The SMILES string of the molecule is CCCc1c(COc2ccc(/C=C3\SC(=S)NC3=O)cc2)ccc(C(=O)c2ccccc2)c1O. The number of amides is 1. The molecule has 2 N–H and O–H groups in total. The first kappa shape index (κ1) is 23.7. The van der Waals surface area contributed by atoms with Crippen LogP contribution in [0.3, 0.4) is 0 Å². The van der Waals surface area contributed by atoms with Crippen molar-refractivity contribution >= 4 is 46.1 Å². The minimum atomic E-state index is -0.206. The Labute approximate surface area is 207 Å². The quantitative estimate of drug-likeness (QED) is 0.242.